The van der Waals surface area contributed by atoms with Crippen molar-refractivity contribution >= 4 is 29.0 Å². The first-order valence-corrected chi connectivity index (χ1v) is 4.98. The van der Waals surface area contributed by atoms with Gasteiger partial charge in [0.2, 0.25) is 5.91 Å². The molecular formula is C9H13ClN4O2. The number of nitrogens with one attached hydrogen (secondary N) is 1. The van der Waals surface area contributed by atoms with Crippen molar-refractivity contribution in [3.63, 3.8) is 0 Å². The fraction of sp³-hybridized carbons (Fsp3) is 0.333. The van der Waals surface area contributed by atoms with E-state index in [-0.39, 0.29) is 6.61 Å². The summed E-state index contributed by atoms with van der Waals surface area (Å²) in [7, 11) is 0. The molecule has 1 aromatic heterocycles. The highest BCUT2D eigenvalue weighted by molar-refractivity contribution is 6.33. The van der Waals surface area contributed by atoms with E-state index in [0.717, 1.165) is 0 Å². The lowest BCUT2D eigenvalue weighted by atomic mass is 10.4. The van der Waals surface area contributed by atoms with Crippen LogP contribution in [0.2, 0.25) is 5.02 Å². The normalized spacial score (nSPS) is 10.1. The molecule has 6 nitrogen and oxygen atoms in total. The van der Waals surface area contributed by atoms with Gasteiger partial charge in [0.15, 0.2) is 0 Å². The number of carbonyl (C=O) groups is 1. The molecule has 0 saturated heterocycles. The van der Waals surface area contributed by atoms with E-state index in [4.69, 9.17) is 27.8 Å². The van der Waals surface area contributed by atoms with Gasteiger partial charge in [-0.1, -0.05) is 11.6 Å². The summed E-state index contributed by atoms with van der Waals surface area (Å²) in [5, 5.41) is 3.38. The molecule has 0 unspecified atom stereocenters. The molecule has 0 atom stereocenters. The number of hydrogen-bond donors (Lipinski definition) is 3. The molecule has 1 aromatic rings. The Kier molecular flexibility index (Phi) is 4.81. The van der Waals surface area contributed by atoms with E-state index < -0.39 is 5.91 Å². The Morgan fingerprint density at radius 1 is 1.62 bits per heavy atom. The standard InChI is InChI=1S/C9H13ClN4O2/c10-7-3-6(11)4-14-9(7)13-1-2-16-5-8(12)15/h3-4H,1-2,5,11H2,(H2,12,15)(H,13,14). The van der Waals surface area contributed by atoms with Gasteiger partial charge >= 0.3 is 0 Å². The molecule has 0 aliphatic heterocycles. The largest absolute Gasteiger partial charge is 0.397 e. The Balaban J connectivity index is 2.29. The SMILES string of the molecule is NC(=O)COCCNc1ncc(N)cc1Cl. The third-order valence-corrected chi connectivity index (χ3v) is 1.93. The second-order valence-electron chi connectivity index (χ2n) is 3.04. The summed E-state index contributed by atoms with van der Waals surface area (Å²) < 4.78 is 4.95. The molecule has 0 aliphatic carbocycles. The van der Waals surface area contributed by atoms with Crippen molar-refractivity contribution in [1.82, 2.24) is 4.98 Å². The third-order valence-electron chi connectivity index (χ3n) is 1.65. The quantitative estimate of drug-likeness (QED) is 0.622. The molecule has 0 saturated carbocycles. The van der Waals surface area contributed by atoms with Gasteiger partial charge in [0.05, 0.1) is 23.5 Å². The van der Waals surface area contributed by atoms with Crippen LogP contribution in [0.3, 0.4) is 0 Å². The van der Waals surface area contributed by atoms with Crippen molar-refractivity contribution < 1.29 is 9.53 Å². The summed E-state index contributed by atoms with van der Waals surface area (Å²) in [5.74, 6) is 0.0298. The molecule has 88 valence electrons. The zero-order valence-corrected chi connectivity index (χ0v) is 9.33. The number of primary amides is 1. The average molecular weight is 245 g/mol. The molecule has 0 fully saturated rings. The summed E-state index contributed by atoms with van der Waals surface area (Å²) in [6.07, 6.45) is 1.50. The maximum atomic E-state index is 10.4. The Hall–Kier alpha value is -1.53. The zero-order valence-electron chi connectivity index (χ0n) is 8.57. The minimum atomic E-state index is -0.497. The second kappa shape index (κ2) is 6.14. The fourth-order valence-electron chi connectivity index (χ4n) is 0.997. The van der Waals surface area contributed by atoms with Crippen molar-refractivity contribution in [3.05, 3.63) is 17.3 Å². The summed E-state index contributed by atoms with van der Waals surface area (Å²) in [4.78, 5) is 14.3. The van der Waals surface area contributed by atoms with E-state index in [1.807, 2.05) is 0 Å². The van der Waals surface area contributed by atoms with E-state index in [1.165, 1.54) is 6.20 Å². The van der Waals surface area contributed by atoms with Gasteiger partial charge in [-0.05, 0) is 6.07 Å². The van der Waals surface area contributed by atoms with Gasteiger partial charge in [-0.3, -0.25) is 4.79 Å². The van der Waals surface area contributed by atoms with Crippen LogP contribution in [-0.4, -0.2) is 30.6 Å². The number of nitrogen functional groups attached to an aromatic ring is 1. The lowest BCUT2D eigenvalue weighted by Gasteiger charge is -2.07. The zero-order chi connectivity index (χ0) is 12.0. The van der Waals surface area contributed by atoms with E-state index in [2.05, 4.69) is 10.3 Å². The number of pyridine rings is 1. The van der Waals surface area contributed by atoms with E-state index in [0.29, 0.717) is 29.7 Å². The van der Waals surface area contributed by atoms with Crippen molar-refractivity contribution in [3.8, 4) is 0 Å². The number of carbonyl (C=O) groups excluding carboxylic acids is 1. The number of nitrogens with zero attached hydrogens (tertiary/aromatic N) is 1. The Morgan fingerprint density at radius 3 is 3.00 bits per heavy atom. The number of nitrogens with two attached hydrogens (primary N) is 2. The number of halogens is 1. The molecule has 1 amide bonds. The Morgan fingerprint density at radius 2 is 2.38 bits per heavy atom. The molecule has 0 bridgehead atoms. The molecule has 0 aromatic carbocycles. The van der Waals surface area contributed by atoms with Crippen LogP contribution in [0.25, 0.3) is 0 Å². The monoisotopic (exact) mass is 244 g/mol. The Labute approximate surface area is 97.9 Å². The lowest BCUT2D eigenvalue weighted by Crippen LogP contribution is -2.20. The molecule has 1 heterocycles. The topological polar surface area (TPSA) is 103 Å². The number of ether oxygens (including phenoxy) is 1. The fourth-order valence-corrected chi connectivity index (χ4v) is 1.24. The molecule has 16 heavy (non-hydrogen) atoms. The molecule has 0 aliphatic rings. The highest BCUT2D eigenvalue weighted by Crippen LogP contribution is 2.20. The van der Waals surface area contributed by atoms with Crippen LogP contribution < -0.4 is 16.8 Å². The number of amides is 1. The van der Waals surface area contributed by atoms with Crippen molar-refractivity contribution in [2.45, 2.75) is 0 Å². The highest BCUT2D eigenvalue weighted by Gasteiger charge is 2.01. The molecule has 0 spiro atoms. The van der Waals surface area contributed by atoms with Crippen molar-refractivity contribution in [2.75, 3.05) is 30.8 Å². The number of hydrogen-bond acceptors (Lipinski definition) is 5. The summed E-state index contributed by atoms with van der Waals surface area (Å²) >= 11 is 5.87. The van der Waals surface area contributed by atoms with Gasteiger partial charge in [0, 0.05) is 6.54 Å². The van der Waals surface area contributed by atoms with Gasteiger partial charge in [0.25, 0.3) is 0 Å². The Bertz CT molecular complexity index is 373. The first kappa shape index (κ1) is 12.5. The van der Waals surface area contributed by atoms with Crippen LogP contribution in [0, 0.1) is 0 Å². The second-order valence-corrected chi connectivity index (χ2v) is 3.45. The molecule has 0 radical (unpaired) electrons. The van der Waals surface area contributed by atoms with Crippen LogP contribution in [-0.2, 0) is 9.53 Å². The number of anilines is 2. The van der Waals surface area contributed by atoms with Crippen LogP contribution >= 0.6 is 11.6 Å². The van der Waals surface area contributed by atoms with Gasteiger partial charge < -0.3 is 21.5 Å². The van der Waals surface area contributed by atoms with Crippen LogP contribution in [0.5, 0.6) is 0 Å². The van der Waals surface area contributed by atoms with Crippen molar-refractivity contribution in [1.29, 1.82) is 0 Å². The smallest absolute Gasteiger partial charge is 0.243 e. The summed E-state index contributed by atoms with van der Waals surface area (Å²) in [6, 6.07) is 1.60. The summed E-state index contributed by atoms with van der Waals surface area (Å²) in [6.45, 7) is 0.722. The van der Waals surface area contributed by atoms with Gasteiger partial charge in [-0.25, -0.2) is 4.98 Å². The highest BCUT2D eigenvalue weighted by atomic mass is 35.5. The molecule has 5 N–H and O–H groups in total. The minimum absolute atomic E-state index is 0.0927. The molecular weight excluding hydrogens is 232 g/mol. The number of aromatic nitrogens is 1. The maximum Gasteiger partial charge on any atom is 0.243 e. The number of rotatable bonds is 6. The van der Waals surface area contributed by atoms with E-state index >= 15 is 0 Å². The molecule has 1 rings (SSSR count). The van der Waals surface area contributed by atoms with Crippen molar-refractivity contribution in [2.24, 2.45) is 5.73 Å². The van der Waals surface area contributed by atoms with Gasteiger partial charge in [-0.15, -0.1) is 0 Å². The van der Waals surface area contributed by atoms with Crippen LogP contribution in [0.1, 0.15) is 0 Å². The van der Waals surface area contributed by atoms with E-state index in [9.17, 15) is 4.79 Å². The molecule has 7 heteroatoms. The predicted octanol–water partition coefficient (Wildman–Crippen LogP) is 0.231. The van der Waals surface area contributed by atoms with E-state index in [1.54, 1.807) is 6.07 Å². The van der Waals surface area contributed by atoms with Crippen LogP contribution in [0.4, 0.5) is 11.5 Å². The third kappa shape index (κ3) is 4.33. The van der Waals surface area contributed by atoms with Crippen LogP contribution in [0.15, 0.2) is 12.3 Å². The average Bonchev–Trinajstić information content (AvgIpc) is 2.20. The van der Waals surface area contributed by atoms with Gasteiger partial charge in [-0.2, -0.15) is 0 Å². The first-order chi connectivity index (χ1) is 7.59. The van der Waals surface area contributed by atoms with Gasteiger partial charge in [0.1, 0.15) is 12.4 Å². The minimum Gasteiger partial charge on any atom is -0.397 e. The summed E-state index contributed by atoms with van der Waals surface area (Å²) in [5.41, 5.74) is 10.9. The lowest BCUT2D eigenvalue weighted by molar-refractivity contribution is -0.122. The predicted molar refractivity (Wildman–Crippen MR) is 62.2 cm³/mol. The first-order valence-electron chi connectivity index (χ1n) is 4.60. The maximum absolute atomic E-state index is 10.4.